The molecule has 1 N–H and O–H groups in total. The van der Waals surface area contributed by atoms with Gasteiger partial charge >= 0.3 is 5.97 Å². The summed E-state index contributed by atoms with van der Waals surface area (Å²) >= 11 is 42.8. The van der Waals surface area contributed by atoms with Crippen molar-refractivity contribution in [1.29, 1.82) is 0 Å². The Labute approximate surface area is 226 Å². The van der Waals surface area contributed by atoms with Crippen LogP contribution in [0.5, 0.6) is 0 Å². The van der Waals surface area contributed by atoms with Crippen molar-refractivity contribution < 1.29 is 9.90 Å². The fraction of sp³-hybridized carbons (Fsp3) is 0.800. The molecule has 33 heavy (non-hydrogen) atoms. The molecule has 8 atom stereocenters. The number of carboxylic acids is 1. The molecule has 1 spiro atoms. The van der Waals surface area contributed by atoms with E-state index >= 15 is 0 Å². The van der Waals surface area contributed by atoms with E-state index < -0.39 is 30.9 Å². The Bertz CT molecular complexity index is 1000. The van der Waals surface area contributed by atoms with Gasteiger partial charge in [0, 0.05) is 11.3 Å². The van der Waals surface area contributed by atoms with Gasteiger partial charge in [0.1, 0.15) is 9.75 Å². The number of rotatable bonds is 2. The molecular weight excluding hydrogens is 545 g/mol. The van der Waals surface area contributed by atoms with Gasteiger partial charge in [-0.05, 0) is 62.2 Å². The lowest BCUT2D eigenvalue weighted by Gasteiger charge is -2.74. The van der Waals surface area contributed by atoms with E-state index in [9.17, 15) is 9.90 Å². The number of carboxylic acid groups (broad SMARTS) is 1. The third kappa shape index (κ3) is 2.51. The van der Waals surface area contributed by atoms with Gasteiger partial charge in [-0.2, -0.15) is 0 Å². The lowest BCUT2D eigenvalue weighted by atomic mass is 9.34. The Morgan fingerprint density at radius 3 is 2.24 bits per heavy atom. The summed E-state index contributed by atoms with van der Waals surface area (Å²) in [6, 6.07) is 0. The van der Waals surface area contributed by atoms with Gasteiger partial charge in [-0.25, -0.2) is 0 Å². The summed E-state index contributed by atoms with van der Waals surface area (Å²) in [5, 5.41) is 10.6. The van der Waals surface area contributed by atoms with E-state index in [-0.39, 0.29) is 39.2 Å². The first kappa shape index (κ1) is 25.3. The van der Waals surface area contributed by atoms with Crippen LogP contribution in [0.15, 0.2) is 21.7 Å². The van der Waals surface area contributed by atoms with Crippen LogP contribution < -0.4 is 0 Å². The maximum Gasteiger partial charge on any atom is 0.309 e. The zero-order valence-electron chi connectivity index (χ0n) is 19.3. The number of alkyl halides is 4. The van der Waals surface area contributed by atoms with Crippen molar-refractivity contribution in [3.63, 3.8) is 0 Å². The molecule has 3 fully saturated rings. The molecule has 6 aliphatic carbocycles. The average Bonchev–Trinajstić information content (AvgIpc) is 2.85. The normalized spacial score (nSPS) is 52.3. The largest absolute Gasteiger partial charge is 0.481 e. The monoisotopic (exact) mass is 572 g/mol. The van der Waals surface area contributed by atoms with Crippen LogP contribution in [-0.4, -0.2) is 25.2 Å². The lowest BCUT2D eigenvalue weighted by molar-refractivity contribution is -0.187. The summed E-state index contributed by atoms with van der Waals surface area (Å²) in [5.41, 5.74) is -0.445. The van der Waals surface area contributed by atoms with Crippen LogP contribution in [0, 0.1) is 39.9 Å². The Balaban J connectivity index is 1.78. The van der Waals surface area contributed by atoms with Crippen LogP contribution in [0.25, 0.3) is 0 Å². The third-order valence-corrected chi connectivity index (χ3v) is 14.8. The van der Waals surface area contributed by atoms with Gasteiger partial charge < -0.3 is 5.11 Å². The molecule has 6 rings (SSSR count). The fourth-order valence-electron chi connectivity index (χ4n) is 9.13. The van der Waals surface area contributed by atoms with Crippen LogP contribution in [-0.2, 0) is 4.79 Å². The molecule has 3 saturated carbocycles. The molecular formula is C25H30Cl6O2. The van der Waals surface area contributed by atoms with Gasteiger partial charge in [0.2, 0.25) is 0 Å². The first-order valence-electron chi connectivity index (χ1n) is 11.8. The van der Waals surface area contributed by atoms with Gasteiger partial charge in [-0.15, -0.1) is 23.2 Å². The maximum absolute atomic E-state index is 12.5. The molecule has 8 heteroatoms. The summed E-state index contributed by atoms with van der Waals surface area (Å²) in [4.78, 5) is 9.92. The quantitative estimate of drug-likeness (QED) is 0.264. The van der Waals surface area contributed by atoms with Crippen molar-refractivity contribution in [2.24, 2.45) is 39.9 Å². The van der Waals surface area contributed by atoms with Gasteiger partial charge in [0.25, 0.3) is 0 Å². The smallest absolute Gasteiger partial charge is 0.309 e. The average molecular weight is 575 g/mol. The number of fused-ring (bicyclic) bond motifs is 1. The van der Waals surface area contributed by atoms with Crippen molar-refractivity contribution in [2.75, 3.05) is 0 Å². The zero-order chi connectivity index (χ0) is 24.6. The van der Waals surface area contributed by atoms with Crippen LogP contribution in [0.1, 0.15) is 66.2 Å². The summed E-state index contributed by atoms with van der Waals surface area (Å²) < 4.78 is -1.65. The van der Waals surface area contributed by atoms with Crippen LogP contribution >= 0.6 is 69.6 Å². The molecule has 0 unspecified atom stereocenters. The minimum atomic E-state index is -1.65. The van der Waals surface area contributed by atoms with E-state index in [1.807, 2.05) is 6.92 Å². The molecule has 0 radical (unpaired) electrons. The molecule has 2 nitrogen and oxygen atoms in total. The van der Waals surface area contributed by atoms with Gasteiger partial charge in [-0.1, -0.05) is 85.2 Å². The minimum absolute atomic E-state index is 0.0347. The van der Waals surface area contributed by atoms with Crippen molar-refractivity contribution in [3.05, 3.63) is 21.7 Å². The highest BCUT2D eigenvalue weighted by Crippen LogP contribution is 2.84. The second kappa shape index (κ2) is 7.16. The van der Waals surface area contributed by atoms with Crippen molar-refractivity contribution in [2.45, 2.75) is 80.3 Å². The summed E-state index contributed by atoms with van der Waals surface area (Å²) in [5.74, 6) is -0.540. The minimum Gasteiger partial charge on any atom is -0.481 e. The molecule has 184 valence electrons. The van der Waals surface area contributed by atoms with Gasteiger partial charge in [0.05, 0.1) is 15.5 Å². The summed E-state index contributed by atoms with van der Waals surface area (Å²) in [7, 11) is 0. The highest BCUT2D eigenvalue weighted by atomic mass is 35.5. The van der Waals surface area contributed by atoms with Crippen LogP contribution in [0.3, 0.4) is 0 Å². The maximum atomic E-state index is 12.5. The molecule has 0 aromatic heterocycles. The first-order valence-corrected chi connectivity index (χ1v) is 14.1. The van der Waals surface area contributed by atoms with Crippen LogP contribution in [0.4, 0.5) is 0 Å². The zero-order valence-corrected chi connectivity index (χ0v) is 23.8. The summed E-state index contributed by atoms with van der Waals surface area (Å²) in [6.07, 6.45) is 6.95. The van der Waals surface area contributed by atoms with Gasteiger partial charge in [0.15, 0.2) is 4.33 Å². The molecule has 0 amide bonds. The highest BCUT2D eigenvalue weighted by Gasteiger charge is 2.86. The number of allylic oxidation sites excluding steroid dienone is 4. The molecule has 0 aliphatic heterocycles. The number of carbonyl (C=O) groups is 1. The third-order valence-electron chi connectivity index (χ3n) is 10.5. The predicted octanol–water partition coefficient (Wildman–Crippen LogP) is 8.73. The van der Waals surface area contributed by atoms with E-state index in [0.717, 1.165) is 19.3 Å². The topological polar surface area (TPSA) is 37.3 Å². The molecule has 0 saturated heterocycles. The second-order valence-electron chi connectivity index (χ2n) is 11.9. The molecule has 2 bridgehead atoms. The van der Waals surface area contributed by atoms with Crippen LogP contribution in [0.2, 0.25) is 0 Å². The fourth-order valence-corrected chi connectivity index (χ4v) is 12.2. The number of halogens is 6. The second-order valence-corrected chi connectivity index (χ2v) is 15.2. The standard InChI is InChI=1S/C25H30Cl6O2/c1-12(2)13-11-22-9-6-15-20(3,7-5-8-21(15,4)19(32)33)16(22)10-14(13)23(28)17(26)18(27)24(29,30)25(22,23)31/h11-12,14-16H,5-10H2,1-4H3,(H,32,33)/t14-,15+,16+,20+,21-,22+,23-,25+/m1/s1. The lowest BCUT2D eigenvalue weighted by Crippen LogP contribution is -2.76. The number of aliphatic carboxylic acids is 1. The van der Waals surface area contributed by atoms with Crippen molar-refractivity contribution >= 4 is 75.6 Å². The Hall–Kier alpha value is 0.690. The number of hydrogen-bond acceptors (Lipinski definition) is 1. The molecule has 6 aliphatic rings. The Morgan fingerprint density at radius 2 is 1.67 bits per heavy atom. The molecule has 0 aromatic carbocycles. The summed E-state index contributed by atoms with van der Waals surface area (Å²) in [6.45, 7) is 8.50. The van der Waals surface area contributed by atoms with E-state index in [0.29, 0.717) is 19.3 Å². The molecule has 0 aromatic rings. The van der Waals surface area contributed by atoms with Crippen molar-refractivity contribution in [3.8, 4) is 0 Å². The van der Waals surface area contributed by atoms with E-state index in [1.165, 1.54) is 5.57 Å². The Morgan fingerprint density at radius 1 is 1.03 bits per heavy atom. The van der Waals surface area contributed by atoms with Gasteiger partial charge in [-0.3, -0.25) is 4.79 Å². The first-order chi connectivity index (χ1) is 15.1. The van der Waals surface area contributed by atoms with E-state index in [4.69, 9.17) is 69.6 Å². The predicted molar refractivity (Wildman–Crippen MR) is 138 cm³/mol. The van der Waals surface area contributed by atoms with E-state index in [1.54, 1.807) is 0 Å². The number of hydrogen-bond donors (Lipinski definition) is 1. The highest BCUT2D eigenvalue weighted by molar-refractivity contribution is 6.65. The molecule has 0 heterocycles. The SMILES string of the molecule is CC(C)C1=C[C@@]23CC[C@H]4[C@](C)(CCC[C@@]4(C)C(=O)O)[C@@H]2C[C@H]1[C@@]1(Cl)C(Cl)=C(Cl)C(Cl)(Cl)[C@]31Cl. The van der Waals surface area contributed by atoms with E-state index in [2.05, 4.69) is 26.8 Å². The Kier molecular flexibility index (Phi) is 5.50. The van der Waals surface area contributed by atoms with Crippen molar-refractivity contribution in [1.82, 2.24) is 0 Å².